The summed E-state index contributed by atoms with van der Waals surface area (Å²) in [6, 6.07) is -10.7. The van der Waals surface area contributed by atoms with Crippen molar-refractivity contribution in [3.05, 3.63) is 36.4 Å². The quantitative estimate of drug-likeness (QED) is 0.0325. The number of carboxylic acids is 2. The highest BCUT2D eigenvalue weighted by Gasteiger charge is 2.36. The Morgan fingerprint density at radius 1 is 0.557 bits per heavy atom. The number of aromatic nitrogens is 4. The van der Waals surface area contributed by atoms with E-state index in [1.165, 1.54) is 25.0 Å². The topological polar surface area (TPSA) is 431 Å². The lowest BCUT2D eigenvalue weighted by molar-refractivity contribution is -0.143. The summed E-state index contributed by atoms with van der Waals surface area (Å²) in [4.78, 5) is 145. The van der Waals surface area contributed by atoms with Crippen LogP contribution in [-0.4, -0.2) is 144 Å². The van der Waals surface area contributed by atoms with E-state index in [1.807, 2.05) is 0 Å². The predicted octanol–water partition coefficient (Wildman–Crippen LogP) is -2.66. The van der Waals surface area contributed by atoms with Crippen molar-refractivity contribution >= 4 is 59.2 Å². The van der Waals surface area contributed by atoms with Crippen LogP contribution in [0.3, 0.4) is 0 Å². The van der Waals surface area contributed by atoms with Crippen LogP contribution in [0.5, 0.6) is 0 Å². The van der Waals surface area contributed by atoms with E-state index in [2.05, 4.69) is 57.2 Å². The van der Waals surface area contributed by atoms with Gasteiger partial charge in [0.2, 0.25) is 47.3 Å². The summed E-state index contributed by atoms with van der Waals surface area (Å²) in [6.07, 6.45) is 4.55. The van der Waals surface area contributed by atoms with E-state index in [1.54, 1.807) is 41.5 Å². The maximum atomic E-state index is 14.3. The Hall–Kier alpha value is -6.96. The highest BCUT2D eigenvalue weighted by molar-refractivity contribution is 5.98. The number of rotatable bonds is 33. The number of primary amides is 1. The molecule has 0 spiro atoms. The number of carboxylic acid groups (broad SMARTS) is 2. The Bertz CT molecular complexity index is 2050. The number of aliphatic carboxylic acids is 2. The molecule has 0 bridgehead atoms. The molecule has 0 fully saturated rings. The van der Waals surface area contributed by atoms with Crippen molar-refractivity contribution in [3.8, 4) is 0 Å². The van der Waals surface area contributed by atoms with E-state index < -0.39 is 132 Å². The van der Waals surface area contributed by atoms with Gasteiger partial charge in [0.25, 0.3) is 0 Å². The average molecular weight is 989 g/mol. The third-order valence-electron chi connectivity index (χ3n) is 10.9. The summed E-state index contributed by atoms with van der Waals surface area (Å²) in [5, 5.41) is 36.8. The Labute approximate surface area is 405 Å². The Morgan fingerprint density at radius 3 is 1.43 bits per heavy atom. The molecule has 8 unspecified atom stereocenters. The van der Waals surface area contributed by atoms with Crippen molar-refractivity contribution in [2.24, 2.45) is 35.0 Å². The molecule has 17 N–H and O–H groups in total. The van der Waals surface area contributed by atoms with E-state index >= 15 is 0 Å². The van der Waals surface area contributed by atoms with Crippen LogP contribution >= 0.6 is 0 Å². The molecule has 26 heteroatoms. The first-order valence-electron chi connectivity index (χ1n) is 23.2. The van der Waals surface area contributed by atoms with Crippen LogP contribution in [0.15, 0.2) is 25.0 Å². The number of nitrogens with one attached hydrogen (secondary N) is 9. The van der Waals surface area contributed by atoms with Gasteiger partial charge in [0.15, 0.2) is 0 Å². The molecule has 0 radical (unpaired) electrons. The van der Waals surface area contributed by atoms with Crippen LogP contribution in [0, 0.1) is 17.8 Å². The molecule has 0 aliphatic rings. The van der Waals surface area contributed by atoms with E-state index in [0.717, 1.165) is 0 Å². The molecule has 26 nitrogen and oxygen atoms in total. The van der Waals surface area contributed by atoms with Crippen molar-refractivity contribution in [2.75, 3.05) is 6.54 Å². The minimum absolute atomic E-state index is 0.0197. The summed E-state index contributed by atoms with van der Waals surface area (Å²) in [5.41, 5.74) is 17.8. The summed E-state index contributed by atoms with van der Waals surface area (Å²) in [5.74, 6) is -10.4. The normalized spacial score (nSPS) is 14.7. The molecule has 0 aromatic carbocycles. The summed E-state index contributed by atoms with van der Waals surface area (Å²) >= 11 is 0. The van der Waals surface area contributed by atoms with Gasteiger partial charge in [-0.2, -0.15) is 0 Å². The van der Waals surface area contributed by atoms with E-state index in [9.17, 15) is 53.1 Å². The van der Waals surface area contributed by atoms with Crippen LogP contribution in [-0.2, 0) is 60.8 Å². The van der Waals surface area contributed by atoms with Gasteiger partial charge in [-0.15, -0.1) is 0 Å². The molecule has 2 rings (SSSR count). The number of H-pyrrole nitrogens is 2. The van der Waals surface area contributed by atoms with E-state index in [-0.39, 0.29) is 51.0 Å². The van der Waals surface area contributed by atoms with Gasteiger partial charge < -0.3 is 74.6 Å². The minimum Gasteiger partial charge on any atom is -0.481 e. The molecule has 0 saturated heterocycles. The third kappa shape index (κ3) is 21.1. The second-order valence-corrected chi connectivity index (χ2v) is 18.1. The van der Waals surface area contributed by atoms with Gasteiger partial charge in [-0.1, -0.05) is 41.5 Å². The number of nitrogens with two attached hydrogens (primary N) is 3. The molecular formula is C44H72N14O12. The molecule has 2 aromatic rings. The van der Waals surface area contributed by atoms with Crippen molar-refractivity contribution in [1.82, 2.24) is 57.2 Å². The number of aromatic amines is 2. The molecule has 0 saturated carbocycles. The number of carbonyl (C=O) groups excluding carboxylic acids is 8. The highest BCUT2D eigenvalue weighted by atomic mass is 16.4. The molecule has 2 aromatic heterocycles. The number of amides is 8. The van der Waals surface area contributed by atoms with Gasteiger partial charge in [-0.25, -0.2) is 14.8 Å². The molecule has 0 aliphatic carbocycles. The zero-order valence-electron chi connectivity index (χ0n) is 40.5. The molecule has 390 valence electrons. The second-order valence-electron chi connectivity index (χ2n) is 18.1. The van der Waals surface area contributed by atoms with Crippen LogP contribution < -0.4 is 54.4 Å². The largest absolute Gasteiger partial charge is 0.481 e. The summed E-state index contributed by atoms with van der Waals surface area (Å²) < 4.78 is 0. The van der Waals surface area contributed by atoms with E-state index in [4.69, 9.17) is 22.3 Å². The first kappa shape index (κ1) is 59.2. The molecular weight excluding hydrogens is 917 g/mol. The SMILES string of the molecule is CC(C)CC(NC(=O)C(CCCCN)NC(=O)C(CCC(N)=O)NC(=O)C(Cc1cnc[nH]1)NC(=O)C(Cc1cnc[nH]1)NC(=O)C(NC(=O)C(N)CCC(=O)O)C(C)C)C(=O)NC(C(=O)O)C(C)C. The van der Waals surface area contributed by atoms with Gasteiger partial charge in [-0.05, 0) is 62.8 Å². The minimum atomic E-state index is -1.54. The maximum Gasteiger partial charge on any atom is 0.326 e. The number of nitrogens with zero attached hydrogens (tertiary/aromatic N) is 2. The molecule has 70 heavy (non-hydrogen) atoms. The second kappa shape index (κ2) is 29.8. The summed E-state index contributed by atoms with van der Waals surface area (Å²) in [6.45, 7) is 10.3. The van der Waals surface area contributed by atoms with Crippen molar-refractivity contribution < 1.29 is 58.2 Å². The maximum absolute atomic E-state index is 14.3. The number of imidazole rings is 2. The Balaban J connectivity index is 2.47. The molecule has 2 heterocycles. The standard InChI is InChI=1S/C44H72N14O12/c1-22(2)15-30(42(67)58-36(24(5)6)44(69)70)54-38(63)28(9-7-8-14-45)52-39(64)29(11-12-33(47)59)53-40(65)31(16-25-18-48-20-50-25)55-41(66)32(17-26-19-49-21-51-26)56-43(68)35(23(3)4)57-37(62)27(46)10-13-34(60)61/h18-24,27-32,35-36H,7-17,45-46H2,1-6H3,(H2,47,59)(H,48,50)(H,49,51)(H,52,64)(H,53,65)(H,54,63)(H,55,66)(H,56,68)(H,57,62)(H,58,67)(H,60,61)(H,69,70). The number of hydrogen-bond acceptors (Lipinski definition) is 14. The van der Waals surface area contributed by atoms with Crippen molar-refractivity contribution in [1.29, 1.82) is 0 Å². The lowest BCUT2D eigenvalue weighted by atomic mass is 9.99. The predicted molar refractivity (Wildman–Crippen MR) is 251 cm³/mol. The fourth-order valence-corrected chi connectivity index (χ4v) is 6.99. The zero-order valence-corrected chi connectivity index (χ0v) is 40.5. The number of hydrogen-bond donors (Lipinski definition) is 14. The van der Waals surface area contributed by atoms with Crippen LogP contribution in [0.4, 0.5) is 0 Å². The lowest BCUT2D eigenvalue weighted by Gasteiger charge is -2.28. The van der Waals surface area contributed by atoms with Crippen LogP contribution in [0.25, 0.3) is 0 Å². The number of carbonyl (C=O) groups is 10. The van der Waals surface area contributed by atoms with Gasteiger partial charge in [-0.3, -0.25) is 43.2 Å². The van der Waals surface area contributed by atoms with Gasteiger partial charge in [0, 0.05) is 49.5 Å². The smallest absolute Gasteiger partial charge is 0.326 e. The van der Waals surface area contributed by atoms with Crippen molar-refractivity contribution in [3.63, 3.8) is 0 Å². The van der Waals surface area contributed by atoms with Crippen LogP contribution in [0.2, 0.25) is 0 Å². The zero-order chi connectivity index (χ0) is 52.7. The highest BCUT2D eigenvalue weighted by Crippen LogP contribution is 2.12. The fraction of sp³-hybridized carbons (Fsp3) is 0.636. The molecule has 8 atom stereocenters. The Morgan fingerprint density at radius 2 is 1.00 bits per heavy atom. The van der Waals surface area contributed by atoms with E-state index in [0.29, 0.717) is 24.2 Å². The summed E-state index contributed by atoms with van der Waals surface area (Å²) in [7, 11) is 0. The average Bonchev–Trinajstić information content (AvgIpc) is 4.01. The number of unbranched alkanes of at least 4 members (excludes halogenated alkanes) is 1. The van der Waals surface area contributed by atoms with Crippen LogP contribution in [0.1, 0.15) is 104 Å². The van der Waals surface area contributed by atoms with Gasteiger partial charge in [0.05, 0.1) is 18.7 Å². The fourth-order valence-electron chi connectivity index (χ4n) is 6.99. The van der Waals surface area contributed by atoms with Gasteiger partial charge >= 0.3 is 11.9 Å². The first-order chi connectivity index (χ1) is 32.9. The van der Waals surface area contributed by atoms with Crippen molar-refractivity contribution in [2.45, 2.75) is 154 Å². The Kier molecular flexibility index (Phi) is 25.2. The lowest BCUT2D eigenvalue weighted by Crippen LogP contribution is -2.61. The van der Waals surface area contributed by atoms with Gasteiger partial charge in [0.1, 0.15) is 42.3 Å². The first-order valence-corrected chi connectivity index (χ1v) is 23.2. The molecule has 0 aliphatic heterocycles. The molecule has 8 amide bonds. The monoisotopic (exact) mass is 989 g/mol. The third-order valence-corrected chi connectivity index (χ3v) is 10.9.